The molecule has 130 valence electrons. The van der Waals surface area contributed by atoms with Crippen LogP contribution in [0.5, 0.6) is 0 Å². The van der Waals surface area contributed by atoms with Crippen molar-refractivity contribution < 1.29 is 17.6 Å². The smallest absolute Gasteiger partial charge is 0.251 e. The number of furan rings is 1. The van der Waals surface area contributed by atoms with E-state index in [9.17, 15) is 13.2 Å². The number of hydrogen-bond donors (Lipinski definition) is 2. The van der Waals surface area contributed by atoms with Crippen molar-refractivity contribution in [2.45, 2.75) is 37.6 Å². The minimum Gasteiger partial charge on any atom is -0.468 e. The van der Waals surface area contributed by atoms with E-state index in [2.05, 4.69) is 17.0 Å². The Morgan fingerprint density at radius 3 is 2.50 bits per heavy atom. The van der Waals surface area contributed by atoms with Gasteiger partial charge in [0.1, 0.15) is 5.76 Å². The van der Waals surface area contributed by atoms with Gasteiger partial charge in [-0.1, -0.05) is 19.8 Å². The molecule has 1 heterocycles. The van der Waals surface area contributed by atoms with Crippen LogP contribution in [0.25, 0.3) is 0 Å². The van der Waals surface area contributed by atoms with Crippen molar-refractivity contribution in [2.75, 3.05) is 6.54 Å². The van der Waals surface area contributed by atoms with Crippen LogP contribution in [0.4, 0.5) is 0 Å². The van der Waals surface area contributed by atoms with Gasteiger partial charge in [0.2, 0.25) is 10.0 Å². The first-order valence-electron chi connectivity index (χ1n) is 7.93. The summed E-state index contributed by atoms with van der Waals surface area (Å²) in [6.45, 7) is 2.80. The highest BCUT2D eigenvalue weighted by Crippen LogP contribution is 2.12. The predicted molar refractivity (Wildman–Crippen MR) is 91.0 cm³/mol. The summed E-state index contributed by atoms with van der Waals surface area (Å²) < 4.78 is 31.9. The molecule has 0 aliphatic carbocycles. The molecule has 1 aromatic heterocycles. The number of benzene rings is 1. The first-order valence-corrected chi connectivity index (χ1v) is 9.41. The number of nitrogens with one attached hydrogen (secondary N) is 2. The zero-order valence-corrected chi connectivity index (χ0v) is 14.4. The van der Waals surface area contributed by atoms with Crippen LogP contribution in [0.3, 0.4) is 0 Å². The van der Waals surface area contributed by atoms with Gasteiger partial charge >= 0.3 is 0 Å². The molecule has 24 heavy (non-hydrogen) atoms. The molecule has 0 atom stereocenters. The Bertz CT molecular complexity index is 737. The third kappa shape index (κ3) is 5.21. The fourth-order valence-corrected chi connectivity index (χ4v) is 3.12. The van der Waals surface area contributed by atoms with Gasteiger partial charge in [-0.3, -0.25) is 4.79 Å². The van der Waals surface area contributed by atoms with Crippen molar-refractivity contribution in [3.8, 4) is 0 Å². The lowest BCUT2D eigenvalue weighted by Crippen LogP contribution is -2.25. The molecule has 0 saturated heterocycles. The van der Waals surface area contributed by atoms with E-state index in [1.54, 1.807) is 12.1 Å². The number of unbranched alkanes of at least 4 members (excludes halogenated alkanes) is 2. The quantitative estimate of drug-likeness (QED) is 0.681. The van der Waals surface area contributed by atoms with E-state index in [0.717, 1.165) is 19.3 Å². The monoisotopic (exact) mass is 350 g/mol. The highest BCUT2D eigenvalue weighted by atomic mass is 32.2. The summed E-state index contributed by atoms with van der Waals surface area (Å²) in [5.74, 6) is 0.334. The van der Waals surface area contributed by atoms with E-state index < -0.39 is 10.0 Å². The Morgan fingerprint density at radius 2 is 1.88 bits per heavy atom. The molecule has 1 aromatic carbocycles. The fraction of sp³-hybridized carbons (Fsp3) is 0.353. The first-order chi connectivity index (χ1) is 11.5. The van der Waals surface area contributed by atoms with Gasteiger partial charge in [0, 0.05) is 12.1 Å². The van der Waals surface area contributed by atoms with Gasteiger partial charge in [-0.2, -0.15) is 0 Å². The van der Waals surface area contributed by atoms with Gasteiger partial charge in [-0.15, -0.1) is 0 Å². The van der Waals surface area contributed by atoms with Crippen LogP contribution in [0, 0.1) is 0 Å². The average molecular weight is 350 g/mol. The number of carbonyl (C=O) groups is 1. The summed E-state index contributed by atoms with van der Waals surface area (Å²) in [4.78, 5) is 12.1. The Balaban J connectivity index is 1.93. The Labute approximate surface area is 142 Å². The highest BCUT2D eigenvalue weighted by Gasteiger charge is 2.15. The van der Waals surface area contributed by atoms with Crippen LogP contribution in [0.15, 0.2) is 52.0 Å². The van der Waals surface area contributed by atoms with Crippen LogP contribution in [-0.4, -0.2) is 20.9 Å². The maximum atomic E-state index is 12.2. The molecule has 7 heteroatoms. The third-order valence-corrected chi connectivity index (χ3v) is 4.93. The molecule has 2 rings (SSSR count). The van der Waals surface area contributed by atoms with Gasteiger partial charge in [-0.25, -0.2) is 13.1 Å². The molecule has 1 amide bonds. The van der Waals surface area contributed by atoms with Crippen molar-refractivity contribution >= 4 is 15.9 Å². The summed E-state index contributed by atoms with van der Waals surface area (Å²) in [5.41, 5.74) is 0.441. The van der Waals surface area contributed by atoms with Crippen LogP contribution in [0.1, 0.15) is 42.3 Å². The number of rotatable bonds is 9. The summed E-state index contributed by atoms with van der Waals surface area (Å²) in [6.07, 6.45) is 4.58. The van der Waals surface area contributed by atoms with Crippen molar-refractivity contribution in [3.63, 3.8) is 0 Å². The maximum Gasteiger partial charge on any atom is 0.251 e. The lowest BCUT2D eigenvalue weighted by atomic mass is 10.2. The van der Waals surface area contributed by atoms with Gasteiger partial charge in [-0.05, 0) is 42.8 Å². The second-order valence-electron chi connectivity index (χ2n) is 5.39. The van der Waals surface area contributed by atoms with E-state index in [4.69, 9.17) is 4.42 Å². The molecule has 2 aromatic rings. The molecule has 0 bridgehead atoms. The average Bonchev–Trinajstić information content (AvgIpc) is 3.10. The minimum absolute atomic E-state index is 0.0784. The van der Waals surface area contributed by atoms with E-state index in [-0.39, 0.29) is 17.3 Å². The number of amides is 1. The number of carbonyl (C=O) groups excluding carboxylic acids is 1. The van der Waals surface area contributed by atoms with Crippen molar-refractivity contribution in [2.24, 2.45) is 0 Å². The van der Waals surface area contributed by atoms with Crippen LogP contribution in [-0.2, 0) is 16.6 Å². The van der Waals surface area contributed by atoms with Gasteiger partial charge in [0.05, 0.1) is 17.7 Å². The topological polar surface area (TPSA) is 88.4 Å². The zero-order valence-electron chi connectivity index (χ0n) is 13.6. The molecule has 0 radical (unpaired) electrons. The molecule has 0 aliphatic heterocycles. The normalized spacial score (nSPS) is 11.4. The largest absolute Gasteiger partial charge is 0.468 e. The van der Waals surface area contributed by atoms with E-state index >= 15 is 0 Å². The second-order valence-corrected chi connectivity index (χ2v) is 7.16. The van der Waals surface area contributed by atoms with Crippen LogP contribution < -0.4 is 10.0 Å². The SMILES string of the molecule is CCCCCNC(=O)c1ccc(S(=O)(=O)NCc2ccco2)cc1. The van der Waals surface area contributed by atoms with E-state index in [1.807, 2.05) is 0 Å². The molecule has 0 saturated carbocycles. The van der Waals surface area contributed by atoms with Gasteiger partial charge in [0.25, 0.3) is 5.91 Å². The Kier molecular flexibility index (Phi) is 6.57. The van der Waals surface area contributed by atoms with Crippen molar-refractivity contribution in [1.29, 1.82) is 0 Å². The number of sulfonamides is 1. The molecular weight excluding hydrogens is 328 g/mol. The summed E-state index contributed by atoms with van der Waals surface area (Å²) in [6, 6.07) is 9.25. The minimum atomic E-state index is -3.64. The summed E-state index contributed by atoms with van der Waals surface area (Å²) in [5, 5.41) is 2.82. The number of hydrogen-bond acceptors (Lipinski definition) is 4. The molecule has 0 spiro atoms. The Morgan fingerprint density at radius 1 is 1.12 bits per heavy atom. The highest BCUT2D eigenvalue weighted by molar-refractivity contribution is 7.89. The Hall–Kier alpha value is -2.12. The summed E-state index contributed by atoms with van der Waals surface area (Å²) in [7, 11) is -3.64. The lowest BCUT2D eigenvalue weighted by Gasteiger charge is -2.07. The predicted octanol–water partition coefficient (Wildman–Crippen LogP) is 2.68. The zero-order chi connectivity index (χ0) is 17.4. The standard InChI is InChI=1S/C17H22N2O4S/c1-2-3-4-11-18-17(20)14-7-9-16(10-8-14)24(21,22)19-13-15-6-5-12-23-15/h5-10,12,19H,2-4,11,13H2,1H3,(H,18,20). The van der Waals surface area contributed by atoms with E-state index in [1.165, 1.54) is 30.5 Å². The first kappa shape index (κ1) is 18.2. The van der Waals surface area contributed by atoms with Gasteiger partial charge in [0.15, 0.2) is 0 Å². The maximum absolute atomic E-state index is 12.2. The van der Waals surface area contributed by atoms with Crippen molar-refractivity contribution in [3.05, 3.63) is 54.0 Å². The van der Waals surface area contributed by atoms with Gasteiger partial charge < -0.3 is 9.73 Å². The molecule has 0 fully saturated rings. The molecule has 6 nitrogen and oxygen atoms in total. The van der Waals surface area contributed by atoms with Crippen LogP contribution in [0.2, 0.25) is 0 Å². The molecule has 2 N–H and O–H groups in total. The molecule has 0 aliphatic rings. The van der Waals surface area contributed by atoms with Crippen molar-refractivity contribution in [1.82, 2.24) is 10.0 Å². The van der Waals surface area contributed by atoms with Crippen LogP contribution >= 0.6 is 0 Å². The fourth-order valence-electron chi connectivity index (χ4n) is 2.13. The second kappa shape index (κ2) is 8.65. The third-order valence-electron chi connectivity index (χ3n) is 3.51. The summed E-state index contributed by atoms with van der Waals surface area (Å²) >= 11 is 0. The lowest BCUT2D eigenvalue weighted by molar-refractivity contribution is 0.0953. The molecule has 0 unspecified atom stereocenters. The van der Waals surface area contributed by atoms with E-state index in [0.29, 0.717) is 17.9 Å². The molecular formula is C17H22N2O4S.